The van der Waals surface area contributed by atoms with Gasteiger partial charge in [-0.2, -0.15) is 0 Å². The molecule has 0 bridgehead atoms. The number of rotatable bonds is 1. The SMILES string of the molecule is O[C@@H]1C[C@H](c2ccccc2)Oc2ccccc21. The molecule has 0 saturated carbocycles. The van der Waals surface area contributed by atoms with E-state index in [2.05, 4.69) is 0 Å². The van der Waals surface area contributed by atoms with Crippen LogP contribution >= 0.6 is 0 Å². The zero-order chi connectivity index (χ0) is 11.7. The van der Waals surface area contributed by atoms with Gasteiger partial charge in [-0.05, 0) is 11.6 Å². The molecule has 1 aliphatic heterocycles. The highest BCUT2D eigenvalue weighted by Crippen LogP contribution is 2.40. The van der Waals surface area contributed by atoms with Gasteiger partial charge in [0.25, 0.3) is 0 Å². The van der Waals surface area contributed by atoms with Crippen LogP contribution in [0.3, 0.4) is 0 Å². The van der Waals surface area contributed by atoms with Gasteiger partial charge < -0.3 is 9.84 Å². The fourth-order valence-electron chi connectivity index (χ4n) is 2.27. The molecule has 0 unspecified atom stereocenters. The van der Waals surface area contributed by atoms with Crippen molar-refractivity contribution < 1.29 is 9.84 Å². The van der Waals surface area contributed by atoms with Crippen molar-refractivity contribution in [1.82, 2.24) is 0 Å². The van der Waals surface area contributed by atoms with E-state index in [0.29, 0.717) is 6.42 Å². The quantitative estimate of drug-likeness (QED) is 0.808. The van der Waals surface area contributed by atoms with Gasteiger partial charge in [-0.15, -0.1) is 0 Å². The van der Waals surface area contributed by atoms with Crippen LogP contribution in [-0.4, -0.2) is 5.11 Å². The van der Waals surface area contributed by atoms with Crippen molar-refractivity contribution in [2.45, 2.75) is 18.6 Å². The number of fused-ring (bicyclic) bond motifs is 1. The number of aliphatic hydroxyl groups excluding tert-OH is 1. The Bertz CT molecular complexity index is 507. The van der Waals surface area contributed by atoms with Crippen LogP contribution in [0.5, 0.6) is 5.75 Å². The van der Waals surface area contributed by atoms with E-state index in [1.807, 2.05) is 54.6 Å². The standard InChI is InChI=1S/C15H14O2/c16-13-10-15(11-6-2-1-3-7-11)17-14-9-5-4-8-12(13)14/h1-9,13,15-16H,10H2/t13-,15-/m1/s1. The van der Waals surface area contributed by atoms with Crippen LogP contribution < -0.4 is 4.74 Å². The normalized spacial score (nSPS) is 22.6. The number of hydrogen-bond acceptors (Lipinski definition) is 2. The average Bonchev–Trinajstić information content (AvgIpc) is 2.40. The predicted octanol–water partition coefficient (Wildman–Crippen LogP) is 3.24. The van der Waals surface area contributed by atoms with E-state index in [0.717, 1.165) is 16.9 Å². The van der Waals surface area contributed by atoms with Gasteiger partial charge in [0.1, 0.15) is 11.9 Å². The molecule has 2 nitrogen and oxygen atoms in total. The third-order valence-corrected chi connectivity index (χ3v) is 3.16. The Labute approximate surface area is 100 Å². The fourth-order valence-corrected chi connectivity index (χ4v) is 2.27. The molecule has 0 aromatic heterocycles. The van der Waals surface area contributed by atoms with Gasteiger partial charge in [0.2, 0.25) is 0 Å². The van der Waals surface area contributed by atoms with E-state index in [1.54, 1.807) is 0 Å². The number of ether oxygens (including phenoxy) is 1. The minimum absolute atomic E-state index is 0.0545. The maximum absolute atomic E-state index is 10.1. The summed E-state index contributed by atoms with van der Waals surface area (Å²) >= 11 is 0. The molecule has 2 heteroatoms. The molecule has 1 N–H and O–H groups in total. The van der Waals surface area contributed by atoms with Crippen molar-refractivity contribution in [3.05, 3.63) is 65.7 Å². The number of aliphatic hydroxyl groups is 1. The minimum atomic E-state index is -0.440. The second kappa shape index (κ2) is 4.22. The summed E-state index contributed by atoms with van der Waals surface area (Å²) in [6.45, 7) is 0. The highest BCUT2D eigenvalue weighted by molar-refractivity contribution is 5.38. The number of benzene rings is 2. The molecule has 0 spiro atoms. The second-order valence-corrected chi connectivity index (χ2v) is 4.31. The van der Waals surface area contributed by atoms with Gasteiger partial charge in [-0.3, -0.25) is 0 Å². The molecule has 0 amide bonds. The van der Waals surface area contributed by atoms with Crippen LogP contribution in [0.1, 0.15) is 29.8 Å². The van der Waals surface area contributed by atoms with E-state index in [4.69, 9.17) is 4.74 Å². The summed E-state index contributed by atoms with van der Waals surface area (Å²) in [5.41, 5.74) is 2.00. The van der Waals surface area contributed by atoms with Crippen molar-refractivity contribution in [3.63, 3.8) is 0 Å². The molecule has 3 rings (SSSR count). The second-order valence-electron chi connectivity index (χ2n) is 4.31. The third kappa shape index (κ3) is 1.92. The Morgan fingerprint density at radius 1 is 0.941 bits per heavy atom. The van der Waals surface area contributed by atoms with Crippen LogP contribution in [0.15, 0.2) is 54.6 Å². The van der Waals surface area contributed by atoms with Crippen LogP contribution in [0, 0.1) is 0 Å². The maximum atomic E-state index is 10.1. The third-order valence-electron chi connectivity index (χ3n) is 3.16. The highest BCUT2D eigenvalue weighted by atomic mass is 16.5. The monoisotopic (exact) mass is 226 g/mol. The molecule has 86 valence electrons. The van der Waals surface area contributed by atoms with Crippen molar-refractivity contribution in [2.75, 3.05) is 0 Å². The van der Waals surface area contributed by atoms with Crippen LogP contribution in [0.4, 0.5) is 0 Å². The van der Waals surface area contributed by atoms with E-state index < -0.39 is 6.10 Å². The lowest BCUT2D eigenvalue weighted by atomic mass is 9.95. The van der Waals surface area contributed by atoms with Crippen LogP contribution in [-0.2, 0) is 0 Å². The van der Waals surface area contributed by atoms with Crippen LogP contribution in [0.25, 0.3) is 0 Å². The Morgan fingerprint density at radius 2 is 1.65 bits per heavy atom. The number of para-hydroxylation sites is 1. The zero-order valence-corrected chi connectivity index (χ0v) is 9.41. The molecule has 2 aromatic carbocycles. The molecular weight excluding hydrogens is 212 g/mol. The fraction of sp³-hybridized carbons (Fsp3) is 0.200. The van der Waals surface area contributed by atoms with Gasteiger partial charge in [0, 0.05) is 12.0 Å². The summed E-state index contributed by atoms with van der Waals surface area (Å²) < 4.78 is 5.93. The van der Waals surface area contributed by atoms with Crippen molar-refractivity contribution in [1.29, 1.82) is 0 Å². The first kappa shape index (κ1) is 10.4. The van der Waals surface area contributed by atoms with E-state index in [9.17, 15) is 5.11 Å². The summed E-state index contributed by atoms with van der Waals surface area (Å²) in [5, 5.41) is 10.1. The molecule has 2 atom stereocenters. The van der Waals surface area contributed by atoms with Gasteiger partial charge in [-0.25, -0.2) is 0 Å². The van der Waals surface area contributed by atoms with E-state index in [-0.39, 0.29) is 6.10 Å². The smallest absolute Gasteiger partial charge is 0.127 e. The summed E-state index contributed by atoms with van der Waals surface area (Å²) in [7, 11) is 0. The van der Waals surface area contributed by atoms with E-state index >= 15 is 0 Å². The molecule has 0 fully saturated rings. The Morgan fingerprint density at radius 3 is 2.47 bits per heavy atom. The molecule has 0 aliphatic carbocycles. The largest absolute Gasteiger partial charge is 0.485 e. The minimum Gasteiger partial charge on any atom is -0.485 e. The summed E-state index contributed by atoms with van der Waals surface area (Å²) in [4.78, 5) is 0. The summed E-state index contributed by atoms with van der Waals surface area (Å²) in [5.74, 6) is 0.792. The topological polar surface area (TPSA) is 29.5 Å². The lowest BCUT2D eigenvalue weighted by Crippen LogP contribution is -2.18. The highest BCUT2D eigenvalue weighted by Gasteiger charge is 2.27. The molecular formula is C15H14O2. The number of hydrogen-bond donors (Lipinski definition) is 1. The average molecular weight is 226 g/mol. The van der Waals surface area contributed by atoms with Crippen LogP contribution in [0.2, 0.25) is 0 Å². The summed E-state index contributed by atoms with van der Waals surface area (Å²) in [6, 6.07) is 17.7. The lowest BCUT2D eigenvalue weighted by molar-refractivity contribution is 0.0657. The molecule has 0 saturated heterocycles. The first-order valence-electron chi connectivity index (χ1n) is 5.83. The lowest BCUT2D eigenvalue weighted by Gasteiger charge is -2.29. The van der Waals surface area contributed by atoms with Crippen molar-refractivity contribution in [2.24, 2.45) is 0 Å². The Hall–Kier alpha value is -1.80. The van der Waals surface area contributed by atoms with Gasteiger partial charge >= 0.3 is 0 Å². The van der Waals surface area contributed by atoms with E-state index in [1.165, 1.54) is 0 Å². The molecule has 1 aliphatic rings. The van der Waals surface area contributed by atoms with Crippen molar-refractivity contribution in [3.8, 4) is 5.75 Å². The molecule has 1 heterocycles. The first-order valence-corrected chi connectivity index (χ1v) is 5.83. The Balaban J connectivity index is 1.94. The summed E-state index contributed by atoms with van der Waals surface area (Å²) in [6.07, 6.45) is 0.118. The molecule has 17 heavy (non-hydrogen) atoms. The Kier molecular flexibility index (Phi) is 2.57. The van der Waals surface area contributed by atoms with Gasteiger partial charge in [0.15, 0.2) is 0 Å². The zero-order valence-electron chi connectivity index (χ0n) is 9.41. The first-order chi connectivity index (χ1) is 8.34. The maximum Gasteiger partial charge on any atom is 0.127 e. The molecule has 2 aromatic rings. The predicted molar refractivity (Wildman–Crippen MR) is 65.8 cm³/mol. The van der Waals surface area contributed by atoms with Crippen molar-refractivity contribution >= 4 is 0 Å². The molecule has 0 radical (unpaired) electrons. The van der Waals surface area contributed by atoms with Gasteiger partial charge in [0.05, 0.1) is 6.10 Å². The van der Waals surface area contributed by atoms with Gasteiger partial charge in [-0.1, -0.05) is 48.5 Å².